The van der Waals surface area contributed by atoms with Gasteiger partial charge in [0.25, 0.3) is 6.43 Å². The number of pyridine rings is 1. The van der Waals surface area contributed by atoms with Crippen LogP contribution in [0.2, 0.25) is 0 Å². The molecule has 7 heteroatoms. The number of nitrogens with zero attached hydrogens (tertiary/aromatic N) is 1. The number of nitrogen functional groups attached to an aromatic ring is 1. The molecule has 0 saturated carbocycles. The topological polar surface area (TPSA) is 38.9 Å². The Morgan fingerprint density at radius 3 is 2.20 bits per heavy atom. The Kier molecular flexibility index (Phi) is 2.83. The van der Waals surface area contributed by atoms with E-state index in [2.05, 4.69) is 4.98 Å². The summed E-state index contributed by atoms with van der Waals surface area (Å²) in [5.41, 5.74) is 1.24. The predicted molar refractivity (Wildman–Crippen MR) is 43.3 cm³/mol. The van der Waals surface area contributed by atoms with Gasteiger partial charge in [-0.1, -0.05) is 0 Å². The molecule has 0 saturated heterocycles. The van der Waals surface area contributed by atoms with Gasteiger partial charge in [0.2, 0.25) is 0 Å². The van der Waals surface area contributed by atoms with Crippen molar-refractivity contribution in [2.75, 3.05) is 5.73 Å². The van der Waals surface area contributed by atoms with Crippen LogP contribution in [0.3, 0.4) is 0 Å². The minimum Gasteiger partial charge on any atom is -0.397 e. The van der Waals surface area contributed by atoms with Crippen LogP contribution in [0.1, 0.15) is 23.2 Å². The molecule has 84 valence electrons. The lowest BCUT2D eigenvalue weighted by atomic mass is 10.1. The number of halogens is 5. The number of anilines is 1. The second-order valence-electron chi connectivity index (χ2n) is 2.89. The lowest BCUT2D eigenvalue weighted by molar-refractivity contribution is -0.140. The molecule has 1 heterocycles. The van der Waals surface area contributed by atoms with E-state index in [0.29, 0.717) is 0 Å². The Morgan fingerprint density at radius 1 is 1.33 bits per heavy atom. The normalized spacial score (nSPS) is 12.2. The van der Waals surface area contributed by atoms with Crippen molar-refractivity contribution >= 4 is 5.69 Å². The van der Waals surface area contributed by atoms with Crippen LogP contribution in [0.4, 0.5) is 27.6 Å². The largest absolute Gasteiger partial charge is 0.418 e. The van der Waals surface area contributed by atoms with Crippen LogP contribution in [0.5, 0.6) is 0 Å². The molecule has 2 N–H and O–H groups in total. The molecule has 0 bridgehead atoms. The van der Waals surface area contributed by atoms with Gasteiger partial charge in [-0.3, -0.25) is 4.98 Å². The van der Waals surface area contributed by atoms with Crippen molar-refractivity contribution < 1.29 is 22.0 Å². The summed E-state index contributed by atoms with van der Waals surface area (Å²) < 4.78 is 62.0. The third-order valence-electron chi connectivity index (χ3n) is 1.84. The Morgan fingerprint density at radius 2 is 1.87 bits per heavy atom. The van der Waals surface area contributed by atoms with Crippen molar-refractivity contribution in [3.63, 3.8) is 0 Å². The van der Waals surface area contributed by atoms with Crippen LogP contribution in [0, 0.1) is 6.92 Å². The number of aryl methyl sites for hydroxylation is 1. The quantitative estimate of drug-likeness (QED) is 0.747. The molecular formula is C8H7F5N2. The first kappa shape index (κ1) is 11.7. The van der Waals surface area contributed by atoms with Gasteiger partial charge in [-0.15, -0.1) is 0 Å². The average molecular weight is 226 g/mol. The molecule has 1 aromatic heterocycles. The summed E-state index contributed by atoms with van der Waals surface area (Å²) >= 11 is 0. The molecule has 2 nitrogen and oxygen atoms in total. The van der Waals surface area contributed by atoms with E-state index in [4.69, 9.17) is 5.73 Å². The third-order valence-corrected chi connectivity index (χ3v) is 1.84. The van der Waals surface area contributed by atoms with Crippen LogP contribution in [0.25, 0.3) is 0 Å². The molecule has 15 heavy (non-hydrogen) atoms. The molecular weight excluding hydrogens is 219 g/mol. The number of alkyl halides is 5. The molecule has 0 aromatic carbocycles. The molecule has 0 aliphatic heterocycles. The fourth-order valence-corrected chi connectivity index (χ4v) is 1.23. The fourth-order valence-electron chi connectivity index (χ4n) is 1.23. The van der Waals surface area contributed by atoms with Gasteiger partial charge in [-0.2, -0.15) is 13.2 Å². The van der Waals surface area contributed by atoms with E-state index in [1.807, 2.05) is 0 Å². The highest BCUT2D eigenvalue weighted by atomic mass is 19.4. The van der Waals surface area contributed by atoms with Crippen molar-refractivity contribution in [1.82, 2.24) is 4.98 Å². The average Bonchev–Trinajstić information content (AvgIpc) is 2.05. The van der Waals surface area contributed by atoms with E-state index in [0.717, 1.165) is 13.1 Å². The van der Waals surface area contributed by atoms with E-state index >= 15 is 0 Å². The van der Waals surface area contributed by atoms with Crippen molar-refractivity contribution in [1.29, 1.82) is 0 Å². The van der Waals surface area contributed by atoms with E-state index in [1.54, 1.807) is 0 Å². The molecule has 0 atom stereocenters. The Bertz CT molecular complexity index is 372. The first-order chi connectivity index (χ1) is 6.75. The highest BCUT2D eigenvalue weighted by Crippen LogP contribution is 2.40. The van der Waals surface area contributed by atoms with Gasteiger partial charge >= 0.3 is 6.18 Å². The van der Waals surface area contributed by atoms with Gasteiger partial charge in [0.1, 0.15) is 0 Å². The highest BCUT2D eigenvalue weighted by Gasteiger charge is 2.39. The Labute approximate surface area is 81.9 Å². The smallest absolute Gasteiger partial charge is 0.397 e. The number of aromatic nitrogens is 1. The van der Waals surface area contributed by atoms with Gasteiger partial charge in [0.05, 0.1) is 28.7 Å². The summed E-state index contributed by atoms with van der Waals surface area (Å²) in [6.07, 6.45) is -7.35. The summed E-state index contributed by atoms with van der Waals surface area (Å²) in [7, 11) is 0. The highest BCUT2D eigenvalue weighted by molar-refractivity contribution is 5.52. The van der Waals surface area contributed by atoms with E-state index in [-0.39, 0.29) is 0 Å². The van der Waals surface area contributed by atoms with Crippen LogP contribution in [-0.2, 0) is 6.18 Å². The number of rotatable bonds is 1. The summed E-state index contributed by atoms with van der Waals surface area (Å²) in [5, 5.41) is 0. The fraction of sp³-hybridized carbons (Fsp3) is 0.375. The second-order valence-corrected chi connectivity index (χ2v) is 2.89. The van der Waals surface area contributed by atoms with Crippen molar-refractivity contribution in [3.8, 4) is 0 Å². The zero-order valence-corrected chi connectivity index (χ0v) is 7.57. The zero-order valence-electron chi connectivity index (χ0n) is 7.57. The van der Waals surface area contributed by atoms with Gasteiger partial charge in [0, 0.05) is 0 Å². The Hall–Kier alpha value is -1.40. The minimum atomic E-state index is -4.88. The molecule has 0 spiro atoms. The lowest BCUT2D eigenvalue weighted by Crippen LogP contribution is -2.15. The molecule has 0 radical (unpaired) electrons. The van der Waals surface area contributed by atoms with Crippen molar-refractivity contribution in [2.24, 2.45) is 0 Å². The van der Waals surface area contributed by atoms with Gasteiger partial charge in [-0.25, -0.2) is 8.78 Å². The number of nitrogens with two attached hydrogens (primary N) is 1. The lowest BCUT2D eigenvalue weighted by Gasteiger charge is -2.15. The monoisotopic (exact) mass is 226 g/mol. The molecule has 1 rings (SSSR count). The predicted octanol–water partition coefficient (Wildman–Crippen LogP) is 2.93. The van der Waals surface area contributed by atoms with Gasteiger partial charge < -0.3 is 5.73 Å². The first-order valence-electron chi connectivity index (χ1n) is 3.85. The van der Waals surface area contributed by atoms with E-state index in [9.17, 15) is 22.0 Å². The maximum atomic E-state index is 12.4. The number of hydrogen-bond donors (Lipinski definition) is 1. The SMILES string of the molecule is Cc1ncc(N)c(C(F)F)c1C(F)(F)F. The maximum absolute atomic E-state index is 12.4. The van der Waals surface area contributed by atoms with Crippen LogP contribution in [0.15, 0.2) is 6.20 Å². The van der Waals surface area contributed by atoms with Gasteiger partial charge in [0.15, 0.2) is 0 Å². The van der Waals surface area contributed by atoms with Gasteiger partial charge in [-0.05, 0) is 6.92 Å². The molecule has 0 aliphatic rings. The first-order valence-corrected chi connectivity index (χ1v) is 3.85. The second kappa shape index (κ2) is 3.63. The number of hydrogen-bond acceptors (Lipinski definition) is 2. The van der Waals surface area contributed by atoms with Crippen molar-refractivity contribution in [2.45, 2.75) is 19.5 Å². The van der Waals surface area contributed by atoms with Crippen LogP contribution >= 0.6 is 0 Å². The maximum Gasteiger partial charge on any atom is 0.418 e. The third kappa shape index (κ3) is 2.16. The van der Waals surface area contributed by atoms with Crippen LogP contribution in [-0.4, -0.2) is 4.98 Å². The van der Waals surface area contributed by atoms with Crippen LogP contribution < -0.4 is 5.73 Å². The molecule has 0 aliphatic carbocycles. The standard InChI is InChI=1S/C8H7F5N2/c1-3-6(8(11,12)13)5(7(9)10)4(14)2-15-3/h2,7H,14H2,1H3. The minimum absolute atomic E-state index is 0.507. The molecule has 0 fully saturated rings. The van der Waals surface area contributed by atoms with E-state index in [1.165, 1.54) is 0 Å². The zero-order chi connectivity index (χ0) is 11.8. The molecule has 0 amide bonds. The summed E-state index contributed by atoms with van der Waals surface area (Å²) in [6, 6.07) is 0. The Balaban J connectivity index is 3.53. The molecule has 0 unspecified atom stereocenters. The van der Waals surface area contributed by atoms with Crippen molar-refractivity contribution in [3.05, 3.63) is 23.0 Å². The summed E-state index contributed by atoms with van der Waals surface area (Å²) in [5.74, 6) is 0. The summed E-state index contributed by atoms with van der Waals surface area (Å²) in [4.78, 5) is 3.31. The van der Waals surface area contributed by atoms with E-state index < -0.39 is 35.1 Å². The summed E-state index contributed by atoms with van der Waals surface area (Å²) in [6.45, 7) is 1.01. The molecule has 1 aromatic rings.